The summed E-state index contributed by atoms with van der Waals surface area (Å²) in [6.07, 6.45) is 1.21. The fourth-order valence-electron chi connectivity index (χ4n) is 2.52. The second kappa shape index (κ2) is 4.54. The Labute approximate surface area is 113 Å². The molecule has 0 N–H and O–H groups in total. The Morgan fingerprint density at radius 1 is 1.16 bits per heavy atom. The summed E-state index contributed by atoms with van der Waals surface area (Å²) in [6.45, 7) is 3.67. The molecule has 0 spiro atoms. The average Bonchev–Trinajstić information content (AvgIpc) is 2.77. The molecule has 0 saturated heterocycles. The minimum atomic E-state index is 0.0972. The molecule has 1 aliphatic rings. The Bertz CT molecular complexity index is 643. The molecule has 0 amide bonds. The zero-order valence-corrected chi connectivity index (χ0v) is 11.1. The van der Waals surface area contributed by atoms with E-state index in [0.29, 0.717) is 0 Å². The van der Waals surface area contributed by atoms with Crippen molar-refractivity contribution in [2.45, 2.75) is 26.4 Å². The van der Waals surface area contributed by atoms with E-state index in [9.17, 15) is 4.79 Å². The lowest BCUT2D eigenvalue weighted by Gasteiger charge is -2.06. The summed E-state index contributed by atoms with van der Waals surface area (Å²) >= 11 is 0. The lowest BCUT2D eigenvalue weighted by atomic mass is 9.99. The predicted molar refractivity (Wildman–Crippen MR) is 75.7 cm³/mol. The van der Waals surface area contributed by atoms with Gasteiger partial charge in [-0.3, -0.25) is 4.79 Å². The highest BCUT2D eigenvalue weighted by Crippen LogP contribution is 2.33. The van der Waals surface area contributed by atoms with Gasteiger partial charge in [0.25, 0.3) is 0 Å². The fourth-order valence-corrected chi connectivity index (χ4v) is 2.52. The second-order valence-corrected chi connectivity index (χ2v) is 5.09. The molecule has 0 saturated carbocycles. The van der Waals surface area contributed by atoms with Gasteiger partial charge in [0.15, 0.2) is 5.78 Å². The van der Waals surface area contributed by atoms with Crippen LogP contribution in [0.15, 0.2) is 42.5 Å². The highest BCUT2D eigenvalue weighted by Gasteiger charge is 2.19. The maximum Gasteiger partial charge on any atom is 0.159 e. The van der Waals surface area contributed by atoms with Gasteiger partial charge in [-0.15, -0.1) is 0 Å². The summed E-state index contributed by atoms with van der Waals surface area (Å²) in [5.74, 6) is 1.08. The van der Waals surface area contributed by atoms with Crippen LogP contribution in [-0.4, -0.2) is 11.9 Å². The summed E-state index contributed by atoms with van der Waals surface area (Å²) in [5.41, 5.74) is 4.22. The summed E-state index contributed by atoms with van der Waals surface area (Å²) < 4.78 is 5.71. The molecule has 2 heteroatoms. The van der Waals surface area contributed by atoms with Crippen molar-refractivity contribution in [1.29, 1.82) is 0 Å². The number of hydrogen-bond donors (Lipinski definition) is 0. The van der Waals surface area contributed by atoms with Crippen LogP contribution >= 0.6 is 0 Å². The number of carbonyl (C=O) groups excluding carboxylic acids is 1. The van der Waals surface area contributed by atoms with Crippen LogP contribution in [0.4, 0.5) is 0 Å². The van der Waals surface area contributed by atoms with Gasteiger partial charge in [-0.05, 0) is 48.7 Å². The number of rotatable bonds is 2. The lowest BCUT2D eigenvalue weighted by Crippen LogP contribution is -2.05. The minimum Gasteiger partial charge on any atom is -0.490 e. The van der Waals surface area contributed by atoms with E-state index in [2.05, 4.69) is 19.1 Å². The lowest BCUT2D eigenvalue weighted by molar-refractivity contribution is 0.101. The van der Waals surface area contributed by atoms with E-state index < -0.39 is 0 Å². The Morgan fingerprint density at radius 2 is 1.95 bits per heavy atom. The Morgan fingerprint density at radius 3 is 2.74 bits per heavy atom. The summed E-state index contributed by atoms with van der Waals surface area (Å²) in [4.78, 5) is 11.4. The molecule has 0 aromatic heterocycles. The van der Waals surface area contributed by atoms with Gasteiger partial charge >= 0.3 is 0 Å². The van der Waals surface area contributed by atoms with Crippen LogP contribution in [0.3, 0.4) is 0 Å². The standard InChI is InChI=1S/C17H16O2/c1-11-8-16-10-15(6-7-17(16)19-11)14-5-3-4-13(9-14)12(2)18/h3-7,9-11H,8H2,1-2H3. The summed E-state index contributed by atoms with van der Waals surface area (Å²) in [5, 5.41) is 0. The van der Waals surface area contributed by atoms with E-state index in [1.165, 1.54) is 5.56 Å². The molecule has 1 atom stereocenters. The highest BCUT2D eigenvalue weighted by molar-refractivity contribution is 5.95. The van der Waals surface area contributed by atoms with Crippen molar-refractivity contribution in [3.63, 3.8) is 0 Å². The summed E-state index contributed by atoms with van der Waals surface area (Å²) in [6, 6.07) is 14.0. The first-order valence-electron chi connectivity index (χ1n) is 6.54. The molecule has 19 heavy (non-hydrogen) atoms. The Hall–Kier alpha value is -2.09. The van der Waals surface area contributed by atoms with Gasteiger partial charge in [0, 0.05) is 12.0 Å². The van der Waals surface area contributed by atoms with E-state index in [4.69, 9.17) is 4.74 Å². The second-order valence-electron chi connectivity index (χ2n) is 5.09. The number of Topliss-reactive ketones (excluding diaryl/α,β-unsaturated/α-hetero) is 1. The van der Waals surface area contributed by atoms with Gasteiger partial charge in [-0.25, -0.2) is 0 Å². The number of benzene rings is 2. The Kier molecular flexibility index (Phi) is 2.86. The largest absolute Gasteiger partial charge is 0.490 e. The quantitative estimate of drug-likeness (QED) is 0.758. The highest BCUT2D eigenvalue weighted by atomic mass is 16.5. The average molecular weight is 252 g/mol. The van der Waals surface area contributed by atoms with Gasteiger partial charge in [-0.2, -0.15) is 0 Å². The van der Waals surface area contributed by atoms with E-state index in [1.54, 1.807) is 6.92 Å². The summed E-state index contributed by atoms with van der Waals surface area (Å²) in [7, 11) is 0. The number of ketones is 1. The third-order valence-electron chi connectivity index (χ3n) is 3.50. The minimum absolute atomic E-state index is 0.0972. The molecule has 2 aromatic rings. The van der Waals surface area contributed by atoms with Crippen LogP contribution < -0.4 is 4.74 Å². The fraction of sp³-hybridized carbons (Fsp3) is 0.235. The first kappa shape index (κ1) is 12.0. The van der Waals surface area contributed by atoms with Gasteiger partial charge in [-0.1, -0.05) is 24.3 Å². The first-order valence-corrected chi connectivity index (χ1v) is 6.54. The van der Waals surface area contributed by atoms with Crippen molar-refractivity contribution in [3.05, 3.63) is 53.6 Å². The third kappa shape index (κ3) is 2.26. The molecule has 1 aliphatic heterocycles. The Balaban J connectivity index is 2.01. The first-order chi connectivity index (χ1) is 9.13. The van der Waals surface area contributed by atoms with Gasteiger partial charge in [0.05, 0.1) is 0 Å². The molecule has 1 heterocycles. The van der Waals surface area contributed by atoms with E-state index in [1.807, 2.05) is 30.3 Å². The van der Waals surface area contributed by atoms with Crippen molar-refractivity contribution in [1.82, 2.24) is 0 Å². The van der Waals surface area contributed by atoms with Crippen molar-refractivity contribution >= 4 is 5.78 Å². The van der Waals surface area contributed by atoms with Gasteiger partial charge in [0.2, 0.25) is 0 Å². The van der Waals surface area contributed by atoms with E-state index in [0.717, 1.165) is 28.9 Å². The number of carbonyl (C=O) groups is 1. The number of fused-ring (bicyclic) bond motifs is 1. The molecular weight excluding hydrogens is 236 g/mol. The van der Waals surface area contributed by atoms with Crippen molar-refractivity contribution in [2.75, 3.05) is 0 Å². The van der Waals surface area contributed by atoms with Crippen LogP contribution in [-0.2, 0) is 6.42 Å². The normalized spacial score (nSPS) is 16.8. The molecule has 2 nitrogen and oxygen atoms in total. The topological polar surface area (TPSA) is 26.3 Å². The third-order valence-corrected chi connectivity index (χ3v) is 3.50. The zero-order chi connectivity index (χ0) is 13.4. The molecule has 2 aromatic carbocycles. The molecule has 3 rings (SSSR count). The molecule has 96 valence electrons. The maximum absolute atomic E-state index is 11.4. The zero-order valence-electron chi connectivity index (χ0n) is 11.1. The van der Waals surface area contributed by atoms with Crippen molar-refractivity contribution in [3.8, 4) is 16.9 Å². The maximum atomic E-state index is 11.4. The predicted octanol–water partition coefficient (Wildman–Crippen LogP) is 3.88. The molecule has 1 unspecified atom stereocenters. The molecular formula is C17H16O2. The van der Waals surface area contributed by atoms with E-state index in [-0.39, 0.29) is 11.9 Å². The van der Waals surface area contributed by atoms with Crippen molar-refractivity contribution < 1.29 is 9.53 Å². The molecule has 0 radical (unpaired) electrons. The number of ether oxygens (including phenoxy) is 1. The monoisotopic (exact) mass is 252 g/mol. The van der Waals surface area contributed by atoms with Crippen molar-refractivity contribution in [2.24, 2.45) is 0 Å². The van der Waals surface area contributed by atoms with Gasteiger partial charge < -0.3 is 4.74 Å². The van der Waals surface area contributed by atoms with Crippen LogP contribution in [0.2, 0.25) is 0 Å². The molecule has 0 fully saturated rings. The van der Waals surface area contributed by atoms with Gasteiger partial charge in [0.1, 0.15) is 11.9 Å². The molecule has 0 bridgehead atoms. The van der Waals surface area contributed by atoms with E-state index >= 15 is 0 Å². The number of hydrogen-bond acceptors (Lipinski definition) is 2. The molecule has 0 aliphatic carbocycles. The van der Waals surface area contributed by atoms with Crippen LogP contribution in [0.25, 0.3) is 11.1 Å². The SMILES string of the molecule is CC(=O)c1cccc(-c2ccc3c(c2)CC(C)O3)c1. The smallest absolute Gasteiger partial charge is 0.159 e. The van der Waals surface area contributed by atoms with Crippen LogP contribution in [0.5, 0.6) is 5.75 Å². The van der Waals surface area contributed by atoms with Crippen LogP contribution in [0, 0.1) is 0 Å². The van der Waals surface area contributed by atoms with Crippen LogP contribution in [0.1, 0.15) is 29.8 Å².